The fourth-order valence-electron chi connectivity index (χ4n) is 3.39. The summed E-state index contributed by atoms with van der Waals surface area (Å²) in [7, 11) is 2.12. The summed E-state index contributed by atoms with van der Waals surface area (Å²) in [5.74, 6) is 1.16. The molecule has 4 nitrogen and oxygen atoms in total. The molecule has 3 rings (SSSR count). The maximum absolute atomic E-state index is 4.84. The Kier molecular flexibility index (Phi) is 3.52. The zero-order valence-corrected chi connectivity index (χ0v) is 12.8. The SMILES string of the molecule is CC1CN(C(C)c2nc3ccccc3n2C)CC(C)N1. The predicted octanol–water partition coefficient (Wildman–Crippen LogP) is 2.32. The number of nitrogens with one attached hydrogen (secondary N) is 1. The van der Waals surface area contributed by atoms with Crippen LogP contribution in [0.5, 0.6) is 0 Å². The van der Waals surface area contributed by atoms with Gasteiger partial charge in [-0.2, -0.15) is 0 Å². The fourth-order valence-corrected chi connectivity index (χ4v) is 3.39. The number of para-hydroxylation sites is 2. The number of piperazine rings is 1. The summed E-state index contributed by atoms with van der Waals surface area (Å²) in [5, 5.41) is 3.59. The van der Waals surface area contributed by atoms with Gasteiger partial charge in [0.1, 0.15) is 5.82 Å². The topological polar surface area (TPSA) is 33.1 Å². The first-order valence-corrected chi connectivity index (χ1v) is 7.47. The van der Waals surface area contributed by atoms with Crippen LogP contribution in [0.25, 0.3) is 11.0 Å². The molecule has 1 fully saturated rings. The normalized spacial score (nSPS) is 26.0. The Labute approximate surface area is 120 Å². The van der Waals surface area contributed by atoms with E-state index in [1.807, 2.05) is 0 Å². The standard InChI is InChI=1S/C16H24N4/c1-11-9-20(10-12(2)17-11)13(3)16-18-14-7-5-6-8-15(14)19(16)4/h5-8,11-13,17H,9-10H2,1-4H3. The van der Waals surface area contributed by atoms with Crippen molar-refractivity contribution < 1.29 is 0 Å². The first-order chi connectivity index (χ1) is 9.56. The molecule has 1 aromatic heterocycles. The number of hydrogen-bond acceptors (Lipinski definition) is 3. The Bertz CT molecular complexity index is 594. The van der Waals surface area contributed by atoms with Gasteiger partial charge < -0.3 is 9.88 Å². The lowest BCUT2D eigenvalue weighted by molar-refractivity contribution is 0.125. The summed E-state index contributed by atoms with van der Waals surface area (Å²) in [6.45, 7) is 8.93. The zero-order chi connectivity index (χ0) is 14.3. The van der Waals surface area contributed by atoms with Gasteiger partial charge in [-0.15, -0.1) is 0 Å². The largest absolute Gasteiger partial charge is 0.330 e. The highest BCUT2D eigenvalue weighted by atomic mass is 15.3. The molecule has 2 heterocycles. The van der Waals surface area contributed by atoms with Gasteiger partial charge in [-0.05, 0) is 32.9 Å². The molecule has 0 aliphatic carbocycles. The van der Waals surface area contributed by atoms with Crippen LogP contribution < -0.4 is 5.32 Å². The zero-order valence-electron chi connectivity index (χ0n) is 12.8. The second-order valence-electron chi connectivity index (χ2n) is 6.12. The van der Waals surface area contributed by atoms with Gasteiger partial charge in [0.15, 0.2) is 0 Å². The Balaban J connectivity index is 1.92. The van der Waals surface area contributed by atoms with Crippen LogP contribution in [-0.4, -0.2) is 39.6 Å². The highest BCUT2D eigenvalue weighted by molar-refractivity contribution is 5.75. The highest BCUT2D eigenvalue weighted by Gasteiger charge is 2.27. The minimum absolute atomic E-state index is 0.347. The Morgan fingerprint density at radius 1 is 1.20 bits per heavy atom. The second-order valence-corrected chi connectivity index (χ2v) is 6.12. The monoisotopic (exact) mass is 272 g/mol. The van der Waals surface area contributed by atoms with Crippen molar-refractivity contribution in [1.82, 2.24) is 19.8 Å². The predicted molar refractivity (Wildman–Crippen MR) is 82.8 cm³/mol. The number of rotatable bonds is 2. The summed E-state index contributed by atoms with van der Waals surface area (Å²) in [5.41, 5.74) is 2.30. The molecule has 4 heteroatoms. The van der Waals surface area contributed by atoms with E-state index in [-0.39, 0.29) is 0 Å². The van der Waals surface area contributed by atoms with Crippen LogP contribution in [0.15, 0.2) is 24.3 Å². The van der Waals surface area contributed by atoms with Crippen molar-refractivity contribution in [2.75, 3.05) is 13.1 Å². The van der Waals surface area contributed by atoms with Gasteiger partial charge in [0, 0.05) is 32.2 Å². The number of imidazole rings is 1. The lowest BCUT2D eigenvalue weighted by Gasteiger charge is -2.39. The summed E-state index contributed by atoms with van der Waals surface area (Å²) >= 11 is 0. The molecule has 108 valence electrons. The van der Waals surface area contributed by atoms with Crippen molar-refractivity contribution in [2.45, 2.75) is 38.9 Å². The minimum atomic E-state index is 0.347. The van der Waals surface area contributed by atoms with Crippen LogP contribution in [0.1, 0.15) is 32.6 Å². The summed E-state index contributed by atoms with van der Waals surface area (Å²) in [4.78, 5) is 7.37. The molecule has 1 aliphatic rings. The molecule has 0 spiro atoms. The molecule has 1 aliphatic heterocycles. The van der Waals surface area contributed by atoms with Gasteiger partial charge in [0.25, 0.3) is 0 Å². The van der Waals surface area contributed by atoms with E-state index in [0.717, 1.165) is 24.4 Å². The third-order valence-corrected chi connectivity index (χ3v) is 4.33. The average Bonchev–Trinajstić information content (AvgIpc) is 2.75. The molecule has 0 radical (unpaired) electrons. The molecule has 0 amide bonds. The first-order valence-electron chi connectivity index (χ1n) is 7.47. The smallest absolute Gasteiger partial charge is 0.126 e. The third kappa shape index (κ3) is 2.34. The van der Waals surface area contributed by atoms with Crippen LogP contribution in [0.3, 0.4) is 0 Å². The summed E-state index contributed by atoms with van der Waals surface area (Å²) in [6.07, 6.45) is 0. The fraction of sp³-hybridized carbons (Fsp3) is 0.562. The Morgan fingerprint density at radius 2 is 1.85 bits per heavy atom. The van der Waals surface area contributed by atoms with Gasteiger partial charge in [-0.3, -0.25) is 4.90 Å². The van der Waals surface area contributed by atoms with Gasteiger partial charge in [0.2, 0.25) is 0 Å². The Morgan fingerprint density at radius 3 is 2.50 bits per heavy atom. The number of aryl methyl sites for hydroxylation is 1. The van der Waals surface area contributed by atoms with Crippen molar-refractivity contribution in [3.05, 3.63) is 30.1 Å². The van der Waals surface area contributed by atoms with Crippen molar-refractivity contribution in [3.63, 3.8) is 0 Å². The second kappa shape index (κ2) is 5.19. The van der Waals surface area contributed by atoms with E-state index in [1.165, 1.54) is 5.52 Å². The lowest BCUT2D eigenvalue weighted by Crippen LogP contribution is -2.54. The van der Waals surface area contributed by atoms with Gasteiger partial charge in [0.05, 0.1) is 17.1 Å². The molecule has 1 saturated heterocycles. The first kappa shape index (κ1) is 13.6. The van der Waals surface area contributed by atoms with E-state index in [2.05, 4.69) is 66.9 Å². The molecule has 0 saturated carbocycles. The summed E-state index contributed by atoms with van der Waals surface area (Å²) < 4.78 is 2.23. The van der Waals surface area contributed by atoms with Crippen molar-refractivity contribution in [2.24, 2.45) is 7.05 Å². The number of nitrogens with zero attached hydrogens (tertiary/aromatic N) is 3. The van der Waals surface area contributed by atoms with Gasteiger partial charge in [-0.25, -0.2) is 4.98 Å². The van der Waals surface area contributed by atoms with E-state index < -0.39 is 0 Å². The van der Waals surface area contributed by atoms with Crippen LogP contribution in [0.4, 0.5) is 0 Å². The lowest BCUT2D eigenvalue weighted by atomic mass is 10.1. The quantitative estimate of drug-likeness (QED) is 0.911. The number of fused-ring (bicyclic) bond motifs is 1. The molecule has 1 N–H and O–H groups in total. The number of benzene rings is 1. The summed E-state index contributed by atoms with van der Waals surface area (Å²) in [6, 6.07) is 9.79. The van der Waals surface area contributed by atoms with E-state index in [4.69, 9.17) is 4.98 Å². The van der Waals surface area contributed by atoms with Crippen molar-refractivity contribution >= 4 is 11.0 Å². The molecular weight excluding hydrogens is 248 g/mol. The average molecular weight is 272 g/mol. The van der Waals surface area contributed by atoms with Crippen molar-refractivity contribution in [3.8, 4) is 0 Å². The van der Waals surface area contributed by atoms with E-state index in [1.54, 1.807) is 0 Å². The van der Waals surface area contributed by atoms with Crippen molar-refractivity contribution in [1.29, 1.82) is 0 Å². The maximum atomic E-state index is 4.84. The Hall–Kier alpha value is -1.39. The number of hydrogen-bond donors (Lipinski definition) is 1. The molecule has 2 aromatic rings. The molecule has 0 bridgehead atoms. The maximum Gasteiger partial charge on any atom is 0.126 e. The van der Waals surface area contributed by atoms with E-state index >= 15 is 0 Å². The third-order valence-electron chi connectivity index (χ3n) is 4.33. The van der Waals surface area contributed by atoms with Crippen LogP contribution in [0.2, 0.25) is 0 Å². The van der Waals surface area contributed by atoms with Crippen LogP contribution >= 0.6 is 0 Å². The van der Waals surface area contributed by atoms with Gasteiger partial charge >= 0.3 is 0 Å². The molecule has 3 atom stereocenters. The van der Waals surface area contributed by atoms with E-state index in [0.29, 0.717) is 18.1 Å². The minimum Gasteiger partial charge on any atom is -0.330 e. The van der Waals surface area contributed by atoms with E-state index in [9.17, 15) is 0 Å². The molecular formula is C16H24N4. The molecule has 3 unspecified atom stereocenters. The van der Waals surface area contributed by atoms with Crippen LogP contribution in [0, 0.1) is 0 Å². The van der Waals surface area contributed by atoms with Gasteiger partial charge in [-0.1, -0.05) is 12.1 Å². The highest BCUT2D eigenvalue weighted by Crippen LogP contribution is 2.25. The molecule has 1 aromatic carbocycles. The number of aromatic nitrogens is 2. The molecule has 20 heavy (non-hydrogen) atoms. The van der Waals surface area contributed by atoms with Crippen LogP contribution in [-0.2, 0) is 7.05 Å².